The number of hydrogen-bond donors (Lipinski definition) is 1. The first-order chi connectivity index (χ1) is 7.11. The molecule has 2 N–H and O–H groups in total. The van der Waals surface area contributed by atoms with Gasteiger partial charge in [-0.25, -0.2) is 8.42 Å². The summed E-state index contributed by atoms with van der Waals surface area (Å²) < 4.78 is 23.3. The molecule has 96 valence electrons. The molecule has 16 heavy (non-hydrogen) atoms. The van der Waals surface area contributed by atoms with Crippen LogP contribution in [0, 0.1) is 0 Å². The van der Waals surface area contributed by atoms with Crippen LogP contribution in [0.1, 0.15) is 27.7 Å². The van der Waals surface area contributed by atoms with E-state index in [9.17, 15) is 13.2 Å². The predicted octanol–water partition coefficient (Wildman–Crippen LogP) is 0.00690. The van der Waals surface area contributed by atoms with Crippen LogP contribution in [0.25, 0.3) is 0 Å². The van der Waals surface area contributed by atoms with Crippen molar-refractivity contribution in [3.8, 4) is 0 Å². The summed E-state index contributed by atoms with van der Waals surface area (Å²) in [5, 5.41) is 0. The van der Waals surface area contributed by atoms with E-state index in [0.717, 1.165) is 0 Å². The van der Waals surface area contributed by atoms with Crippen molar-refractivity contribution in [3.05, 3.63) is 0 Å². The van der Waals surface area contributed by atoms with Crippen molar-refractivity contribution in [2.24, 2.45) is 5.73 Å². The summed E-state index contributed by atoms with van der Waals surface area (Å²) in [4.78, 5) is 13.1. The molecule has 1 amide bonds. The Kier molecular flexibility index (Phi) is 5.41. The second-order valence-corrected chi connectivity index (χ2v) is 6.65. The topological polar surface area (TPSA) is 80.5 Å². The van der Waals surface area contributed by atoms with Gasteiger partial charge in [0.05, 0.1) is 5.75 Å². The molecule has 0 aromatic rings. The Balaban J connectivity index is 4.55. The van der Waals surface area contributed by atoms with Crippen LogP contribution in [0.4, 0.5) is 0 Å². The Bertz CT molecular complexity index is 326. The zero-order valence-electron chi connectivity index (χ0n) is 10.5. The average Bonchev–Trinajstić information content (AvgIpc) is 1.99. The molecule has 5 nitrogen and oxygen atoms in total. The van der Waals surface area contributed by atoms with E-state index in [1.807, 2.05) is 13.8 Å². The highest BCUT2D eigenvalue weighted by atomic mass is 32.2. The molecule has 0 unspecified atom stereocenters. The summed E-state index contributed by atoms with van der Waals surface area (Å²) in [6.07, 6.45) is 0. The van der Waals surface area contributed by atoms with Gasteiger partial charge in [0.1, 0.15) is 5.75 Å². The largest absolute Gasteiger partial charge is 0.342 e. The third-order valence-corrected chi connectivity index (χ3v) is 3.92. The molecular weight excluding hydrogens is 228 g/mol. The third-order valence-electron chi connectivity index (χ3n) is 2.05. The normalized spacial score (nSPS) is 12.6. The Hall–Kier alpha value is -0.620. The fraction of sp³-hybridized carbons (Fsp3) is 0.900. The van der Waals surface area contributed by atoms with Crippen LogP contribution in [-0.2, 0) is 14.6 Å². The maximum Gasteiger partial charge on any atom is 0.237 e. The Morgan fingerprint density at radius 3 is 2.00 bits per heavy atom. The molecule has 0 aromatic heterocycles. The van der Waals surface area contributed by atoms with Crippen LogP contribution in [0.15, 0.2) is 0 Å². The molecule has 0 heterocycles. The van der Waals surface area contributed by atoms with Gasteiger partial charge in [0.25, 0.3) is 0 Å². The van der Waals surface area contributed by atoms with Crippen molar-refractivity contribution in [1.82, 2.24) is 4.90 Å². The lowest BCUT2D eigenvalue weighted by Crippen LogP contribution is -2.43. The van der Waals surface area contributed by atoms with Gasteiger partial charge in [0, 0.05) is 18.6 Å². The summed E-state index contributed by atoms with van der Waals surface area (Å²) >= 11 is 0. The Morgan fingerprint density at radius 2 is 1.69 bits per heavy atom. The standard InChI is InChI=1S/C10H22N2O3S/c1-5-12(6-2)9(13)7-16(14,15)8-10(3,4)11/h5-8,11H2,1-4H3. The number of hydrogen-bond acceptors (Lipinski definition) is 4. The number of nitrogens with two attached hydrogens (primary N) is 1. The molecule has 0 rings (SSSR count). The first kappa shape index (κ1) is 15.4. The number of rotatable bonds is 6. The lowest BCUT2D eigenvalue weighted by molar-refractivity contribution is -0.128. The Morgan fingerprint density at radius 1 is 1.25 bits per heavy atom. The maximum absolute atomic E-state index is 11.7. The van der Waals surface area contributed by atoms with E-state index < -0.39 is 21.1 Å². The highest BCUT2D eigenvalue weighted by Gasteiger charge is 2.26. The number of sulfone groups is 1. The van der Waals surface area contributed by atoms with Crippen molar-refractivity contribution in [2.45, 2.75) is 33.2 Å². The van der Waals surface area contributed by atoms with Crippen molar-refractivity contribution >= 4 is 15.7 Å². The van der Waals surface area contributed by atoms with Crippen LogP contribution in [0.5, 0.6) is 0 Å². The second-order valence-electron chi connectivity index (χ2n) is 4.59. The van der Waals surface area contributed by atoms with Gasteiger partial charge in [-0.15, -0.1) is 0 Å². The quantitative estimate of drug-likeness (QED) is 0.720. The molecular formula is C10H22N2O3S. The number of nitrogens with zero attached hydrogens (tertiary/aromatic N) is 1. The molecule has 0 atom stereocenters. The molecule has 0 spiro atoms. The highest BCUT2D eigenvalue weighted by Crippen LogP contribution is 2.05. The lowest BCUT2D eigenvalue weighted by atomic mass is 10.1. The van der Waals surface area contributed by atoms with Gasteiger partial charge in [0.15, 0.2) is 9.84 Å². The van der Waals surface area contributed by atoms with Crippen molar-refractivity contribution in [3.63, 3.8) is 0 Å². The molecule has 0 aliphatic rings. The first-order valence-electron chi connectivity index (χ1n) is 5.38. The zero-order valence-corrected chi connectivity index (χ0v) is 11.3. The van der Waals surface area contributed by atoms with Gasteiger partial charge in [0.2, 0.25) is 5.91 Å². The van der Waals surface area contributed by atoms with Gasteiger partial charge >= 0.3 is 0 Å². The van der Waals surface area contributed by atoms with E-state index in [2.05, 4.69) is 0 Å². The number of carbonyl (C=O) groups is 1. The van der Waals surface area contributed by atoms with Gasteiger partial charge in [-0.1, -0.05) is 0 Å². The molecule has 0 saturated heterocycles. The van der Waals surface area contributed by atoms with Crippen LogP contribution in [0.3, 0.4) is 0 Å². The summed E-state index contributed by atoms with van der Waals surface area (Å²) in [5.41, 5.74) is 4.83. The third kappa shape index (κ3) is 6.07. The Labute approximate surface area is 97.9 Å². The number of carbonyl (C=O) groups excluding carboxylic acids is 1. The van der Waals surface area contributed by atoms with Gasteiger partial charge in [-0.3, -0.25) is 4.79 Å². The van der Waals surface area contributed by atoms with E-state index in [-0.39, 0.29) is 11.7 Å². The zero-order chi connectivity index (χ0) is 13.0. The molecule has 0 aliphatic heterocycles. The van der Waals surface area contributed by atoms with Gasteiger partial charge < -0.3 is 10.6 Å². The summed E-state index contributed by atoms with van der Waals surface area (Å²) in [6.45, 7) is 7.95. The molecule has 0 aromatic carbocycles. The van der Waals surface area contributed by atoms with Crippen molar-refractivity contribution < 1.29 is 13.2 Å². The van der Waals surface area contributed by atoms with Crippen LogP contribution >= 0.6 is 0 Å². The summed E-state index contributed by atoms with van der Waals surface area (Å²) in [7, 11) is -3.42. The van der Waals surface area contributed by atoms with Crippen molar-refractivity contribution in [2.75, 3.05) is 24.6 Å². The minimum absolute atomic E-state index is 0.174. The highest BCUT2D eigenvalue weighted by molar-refractivity contribution is 7.92. The minimum Gasteiger partial charge on any atom is -0.342 e. The van der Waals surface area contributed by atoms with Gasteiger partial charge in [-0.05, 0) is 27.7 Å². The molecule has 0 aliphatic carbocycles. The van der Waals surface area contributed by atoms with Gasteiger partial charge in [-0.2, -0.15) is 0 Å². The molecule has 0 radical (unpaired) electrons. The number of amides is 1. The molecule has 0 bridgehead atoms. The van der Waals surface area contributed by atoms with E-state index >= 15 is 0 Å². The molecule has 0 saturated carbocycles. The van der Waals surface area contributed by atoms with E-state index in [0.29, 0.717) is 13.1 Å². The summed E-state index contributed by atoms with van der Waals surface area (Å²) in [5.74, 6) is -0.975. The minimum atomic E-state index is -3.42. The SMILES string of the molecule is CCN(CC)C(=O)CS(=O)(=O)CC(C)(C)N. The van der Waals surface area contributed by atoms with E-state index in [1.165, 1.54) is 4.90 Å². The predicted molar refractivity (Wildman–Crippen MR) is 64.8 cm³/mol. The first-order valence-corrected chi connectivity index (χ1v) is 7.20. The smallest absolute Gasteiger partial charge is 0.237 e. The average molecular weight is 250 g/mol. The maximum atomic E-state index is 11.7. The fourth-order valence-electron chi connectivity index (χ4n) is 1.47. The van der Waals surface area contributed by atoms with Crippen molar-refractivity contribution in [1.29, 1.82) is 0 Å². The fourth-order valence-corrected chi connectivity index (χ4v) is 3.27. The molecule has 6 heteroatoms. The molecule has 0 fully saturated rings. The second kappa shape index (κ2) is 5.63. The summed E-state index contributed by atoms with van der Waals surface area (Å²) in [6, 6.07) is 0. The van der Waals surface area contributed by atoms with Crippen LogP contribution in [0.2, 0.25) is 0 Å². The monoisotopic (exact) mass is 250 g/mol. The van der Waals surface area contributed by atoms with E-state index in [4.69, 9.17) is 5.73 Å². The lowest BCUT2D eigenvalue weighted by Gasteiger charge is -2.21. The van der Waals surface area contributed by atoms with Crippen LogP contribution < -0.4 is 5.73 Å². The van der Waals surface area contributed by atoms with Crippen LogP contribution in [-0.4, -0.2) is 49.4 Å². The van der Waals surface area contributed by atoms with E-state index in [1.54, 1.807) is 13.8 Å².